The van der Waals surface area contributed by atoms with Crippen LogP contribution in [0, 0.1) is 0 Å². The molecule has 7 nitrogen and oxygen atoms in total. The Hall–Kier alpha value is -3.13. The molecule has 0 saturated heterocycles. The summed E-state index contributed by atoms with van der Waals surface area (Å²) in [6.45, 7) is 7.19. The minimum absolute atomic E-state index is 0.00308. The summed E-state index contributed by atoms with van der Waals surface area (Å²) in [5.74, 6) is 0.489. The number of benzene rings is 1. The molecule has 2 aromatic heterocycles. The first kappa shape index (κ1) is 20.6. The van der Waals surface area contributed by atoms with E-state index in [-0.39, 0.29) is 17.6 Å². The molecule has 0 saturated carbocycles. The number of hydrogen-bond donors (Lipinski definition) is 2. The Morgan fingerprint density at radius 3 is 2.66 bits per heavy atom. The van der Waals surface area contributed by atoms with Gasteiger partial charge < -0.3 is 10.6 Å². The van der Waals surface area contributed by atoms with Gasteiger partial charge in [0.2, 0.25) is 11.9 Å². The van der Waals surface area contributed by atoms with Crippen LogP contribution in [0.15, 0.2) is 36.5 Å². The Balaban J connectivity index is 1.94. The molecule has 2 heterocycles. The summed E-state index contributed by atoms with van der Waals surface area (Å²) >= 11 is 1.40. The lowest BCUT2D eigenvalue weighted by atomic mass is 10.0. The van der Waals surface area contributed by atoms with Crippen molar-refractivity contribution in [2.24, 2.45) is 0 Å². The van der Waals surface area contributed by atoms with Crippen LogP contribution in [0.4, 0.5) is 16.8 Å². The summed E-state index contributed by atoms with van der Waals surface area (Å²) in [4.78, 5) is 37.5. The zero-order valence-corrected chi connectivity index (χ0v) is 17.6. The molecule has 0 aliphatic heterocycles. The van der Waals surface area contributed by atoms with Crippen LogP contribution in [0.2, 0.25) is 0 Å². The standard InChI is InChI=1S/C21H23N5O2S/c1-5-12(2)18-19(29-21(26-18)23-14(4)28)17-9-10-22-20(25-17)24-16-8-6-7-15(11-16)13(3)27/h6-12H,5H2,1-4H3,(H,22,24,25)(H,23,26,28). The molecule has 0 bridgehead atoms. The van der Waals surface area contributed by atoms with Crippen LogP contribution in [0.5, 0.6) is 0 Å². The number of nitrogens with one attached hydrogen (secondary N) is 2. The van der Waals surface area contributed by atoms with E-state index >= 15 is 0 Å². The third-order valence-corrected chi connectivity index (χ3v) is 5.44. The predicted octanol–water partition coefficient (Wildman–Crippen LogP) is 5.02. The van der Waals surface area contributed by atoms with Crippen LogP contribution < -0.4 is 10.6 Å². The molecular weight excluding hydrogens is 386 g/mol. The molecule has 0 radical (unpaired) electrons. The maximum Gasteiger partial charge on any atom is 0.227 e. The topological polar surface area (TPSA) is 96.9 Å². The van der Waals surface area contributed by atoms with Crippen LogP contribution in [0.25, 0.3) is 10.6 Å². The minimum atomic E-state index is -0.156. The van der Waals surface area contributed by atoms with E-state index in [1.807, 2.05) is 18.2 Å². The van der Waals surface area contributed by atoms with Gasteiger partial charge in [0.1, 0.15) is 0 Å². The van der Waals surface area contributed by atoms with Crippen LogP contribution in [0.1, 0.15) is 56.1 Å². The number of carbonyl (C=O) groups excluding carboxylic acids is 2. The van der Waals surface area contributed by atoms with Crippen molar-refractivity contribution in [3.05, 3.63) is 47.8 Å². The van der Waals surface area contributed by atoms with Gasteiger partial charge in [0.05, 0.1) is 16.3 Å². The normalized spacial score (nSPS) is 11.7. The average molecular weight is 410 g/mol. The van der Waals surface area contributed by atoms with Gasteiger partial charge in [-0.25, -0.2) is 15.0 Å². The van der Waals surface area contributed by atoms with Crippen LogP contribution in [0.3, 0.4) is 0 Å². The van der Waals surface area contributed by atoms with Crippen LogP contribution in [-0.2, 0) is 4.79 Å². The molecule has 0 spiro atoms. The number of rotatable bonds is 7. The molecule has 1 aromatic carbocycles. The lowest BCUT2D eigenvalue weighted by Gasteiger charge is -2.09. The molecule has 0 aliphatic rings. The number of anilines is 3. The molecule has 150 valence electrons. The molecule has 3 aromatic rings. The molecule has 1 unspecified atom stereocenters. The first-order valence-corrected chi connectivity index (χ1v) is 10.2. The molecular formula is C21H23N5O2S. The fourth-order valence-electron chi connectivity index (χ4n) is 2.74. The fraction of sp³-hybridized carbons (Fsp3) is 0.286. The van der Waals surface area contributed by atoms with Crippen molar-refractivity contribution in [2.45, 2.75) is 40.0 Å². The Morgan fingerprint density at radius 1 is 1.17 bits per heavy atom. The summed E-state index contributed by atoms with van der Waals surface area (Å²) in [6.07, 6.45) is 2.60. The monoisotopic (exact) mass is 409 g/mol. The van der Waals surface area contributed by atoms with Gasteiger partial charge in [-0.15, -0.1) is 0 Å². The summed E-state index contributed by atoms with van der Waals surface area (Å²) in [6, 6.07) is 9.03. The van der Waals surface area contributed by atoms with Gasteiger partial charge in [-0.3, -0.25) is 9.59 Å². The van der Waals surface area contributed by atoms with Crippen molar-refractivity contribution in [3.8, 4) is 10.6 Å². The van der Waals surface area contributed by atoms with Gasteiger partial charge in [0, 0.05) is 24.4 Å². The molecule has 3 rings (SSSR count). The van der Waals surface area contributed by atoms with E-state index < -0.39 is 0 Å². The second-order valence-electron chi connectivity index (χ2n) is 6.75. The number of hydrogen-bond acceptors (Lipinski definition) is 7. The lowest BCUT2D eigenvalue weighted by molar-refractivity contribution is -0.114. The Labute approximate surface area is 173 Å². The molecule has 1 atom stereocenters. The quantitative estimate of drug-likeness (QED) is 0.532. The van der Waals surface area contributed by atoms with E-state index in [1.165, 1.54) is 25.2 Å². The minimum Gasteiger partial charge on any atom is -0.324 e. The number of Topliss-reactive ketones (excluding diaryl/α,β-unsaturated/α-hetero) is 1. The summed E-state index contributed by atoms with van der Waals surface area (Å²) in [5.41, 5.74) is 2.99. The highest BCUT2D eigenvalue weighted by atomic mass is 32.1. The first-order valence-electron chi connectivity index (χ1n) is 9.37. The Kier molecular flexibility index (Phi) is 6.33. The first-order chi connectivity index (χ1) is 13.9. The second-order valence-corrected chi connectivity index (χ2v) is 7.75. The highest BCUT2D eigenvalue weighted by Gasteiger charge is 2.19. The van der Waals surface area contributed by atoms with Gasteiger partial charge >= 0.3 is 0 Å². The molecule has 29 heavy (non-hydrogen) atoms. The highest BCUT2D eigenvalue weighted by Crippen LogP contribution is 2.37. The van der Waals surface area contributed by atoms with Crippen molar-refractivity contribution in [3.63, 3.8) is 0 Å². The van der Waals surface area contributed by atoms with Gasteiger partial charge in [-0.2, -0.15) is 0 Å². The van der Waals surface area contributed by atoms with Crippen molar-refractivity contribution < 1.29 is 9.59 Å². The molecule has 8 heteroatoms. The molecule has 0 aliphatic carbocycles. The van der Waals surface area contributed by atoms with Crippen molar-refractivity contribution in [2.75, 3.05) is 10.6 Å². The third kappa shape index (κ3) is 5.03. The maximum atomic E-state index is 11.6. The van der Waals surface area contributed by atoms with Crippen molar-refractivity contribution in [1.82, 2.24) is 15.0 Å². The van der Waals surface area contributed by atoms with Crippen LogP contribution >= 0.6 is 11.3 Å². The van der Waals surface area contributed by atoms with Crippen molar-refractivity contribution >= 4 is 39.8 Å². The predicted molar refractivity (Wildman–Crippen MR) is 116 cm³/mol. The van der Waals surface area contributed by atoms with Crippen LogP contribution in [-0.4, -0.2) is 26.6 Å². The maximum absolute atomic E-state index is 11.6. The number of nitrogens with zero attached hydrogens (tertiary/aromatic N) is 3. The van der Waals surface area contributed by atoms with Gasteiger partial charge in [-0.1, -0.05) is 37.3 Å². The van der Waals surface area contributed by atoms with E-state index in [4.69, 9.17) is 0 Å². The number of thiazole rings is 1. The Bertz CT molecular complexity index is 1050. The SMILES string of the molecule is CCC(C)c1nc(NC(C)=O)sc1-c1ccnc(Nc2cccc(C(C)=O)c2)n1. The summed E-state index contributed by atoms with van der Waals surface area (Å²) < 4.78 is 0. The highest BCUT2D eigenvalue weighted by molar-refractivity contribution is 7.19. The second kappa shape index (κ2) is 8.91. The average Bonchev–Trinajstić information content (AvgIpc) is 3.11. The van der Waals surface area contributed by atoms with Gasteiger partial charge in [0.15, 0.2) is 10.9 Å². The van der Waals surface area contributed by atoms with E-state index in [0.717, 1.165) is 28.4 Å². The summed E-state index contributed by atoms with van der Waals surface area (Å²) in [7, 11) is 0. The largest absolute Gasteiger partial charge is 0.324 e. The van der Waals surface area contributed by atoms with E-state index in [1.54, 1.807) is 18.3 Å². The van der Waals surface area contributed by atoms with Gasteiger partial charge in [0.25, 0.3) is 0 Å². The van der Waals surface area contributed by atoms with E-state index in [2.05, 4.69) is 39.4 Å². The van der Waals surface area contributed by atoms with E-state index in [9.17, 15) is 9.59 Å². The Morgan fingerprint density at radius 2 is 1.97 bits per heavy atom. The number of amides is 1. The summed E-state index contributed by atoms with van der Waals surface area (Å²) in [5, 5.41) is 6.47. The third-order valence-electron chi connectivity index (χ3n) is 4.43. The molecule has 0 fully saturated rings. The zero-order chi connectivity index (χ0) is 21.0. The number of aromatic nitrogens is 3. The van der Waals surface area contributed by atoms with Gasteiger partial charge in [-0.05, 0) is 37.5 Å². The number of ketones is 1. The zero-order valence-electron chi connectivity index (χ0n) is 16.8. The number of carbonyl (C=O) groups is 2. The van der Waals surface area contributed by atoms with E-state index in [0.29, 0.717) is 16.6 Å². The molecule has 1 amide bonds. The van der Waals surface area contributed by atoms with Crippen molar-refractivity contribution in [1.29, 1.82) is 0 Å². The lowest BCUT2D eigenvalue weighted by Crippen LogP contribution is -2.05. The molecule has 2 N–H and O–H groups in total. The smallest absolute Gasteiger partial charge is 0.227 e. The fourth-order valence-corrected chi connectivity index (χ4v) is 3.84.